The molecule has 0 N–H and O–H groups in total. The molecule has 0 aromatic carbocycles. The van der Waals surface area contributed by atoms with E-state index in [1.165, 1.54) is 25.7 Å². The molecule has 0 aromatic rings. The molecule has 0 fully saturated rings. The van der Waals surface area contributed by atoms with Gasteiger partial charge in [0.2, 0.25) is 0 Å². The first-order valence-corrected chi connectivity index (χ1v) is 12.6. The second-order valence-corrected chi connectivity index (χ2v) is 12.6. The Balaban J connectivity index is 0.000000261. The molecule has 0 spiro atoms. The molecule has 0 nitrogen and oxygen atoms in total. The predicted molar refractivity (Wildman–Crippen MR) is 54.3 cm³/mol. The van der Waals surface area contributed by atoms with Crippen molar-refractivity contribution in [2.75, 3.05) is 0 Å². The molecule has 0 atom stereocenters. The normalized spacial score (nSPS) is 19.8. The van der Waals surface area contributed by atoms with Gasteiger partial charge in [0.1, 0.15) is 0 Å². The molecule has 0 heterocycles. The Morgan fingerprint density at radius 3 is 1.00 bits per heavy atom. The molecule has 0 unspecified atom stereocenters. The van der Waals surface area contributed by atoms with Crippen LogP contribution in [-0.4, -0.2) is 0 Å². The van der Waals surface area contributed by atoms with Gasteiger partial charge in [0.15, 0.2) is 0 Å². The van der Waals surface area contributed by atoms with E-state index in [2.05, 4.69) is 24.3 Å². The van der Waals surface area contributed by atoms with Crippen LogP contribution in [0.15, 0.2) is 24.3 Å². The van der Waals surface area contributed by atoms with Gasteiger partial charge in [-0.2, -0.15) is 0 Å². The Morgan fingerprint density at radius 2 is 0.833 bits per heavy atom. The number of halogens is 3. The van der Waals surface area contributed by atoms with Crippen LogP contribution in [0.25, 0.3) is 0 Å². The third-order valence-corrected chi connectivity index (χ3v) is 1.33. The molecule has 1 rings (SSSR count). The zero-order chi connectivity index (χ0) is 9.23. The van der Waals surface area contributed by atoms with E-state index in [1.54, 1.807) is 0 Å². The Labute approximate surface area is 91.7 Å². The van der Waals surface area contributed by atoms with Crippen LogP contribution in [0, 0.1) is 0 Å². The minimum atomic E-state index is -1.92. The van der Waals surface area contributed by atoms with Crippen LogP contribution in [-0.2, 0) is 13.5 Å². The molecule has 0 aliphatic heterocycles. The summed E-state index contributed by atoms with van der Waals surface area (Å²) < 4.78 is 0. The summed E-state index contributed by atoms with van der Waals surface area (Å²) in [7, 11) is 14.9. The summed E-state index contributed by atoms with van der Waals surface area (Å²) in [5, 5.41) is 0. The molecule has 0 radical (unpaired) electrons. The summed E-state index contributed by atoms with van der Waals surface area (Å²) in [5.74, 6) is 0. The average Bonchev–Trinajstić information content (AvgIpc) is 1.82. The van der Waals surface area contributed by atoms with Crippen LogP contribution in [0.2, 0.25) is 0 Å². The van der Waals surface area contributed by atoms with E-state index in [1.807, 2.05) is 0 Å². The Morgan fingerprint density at radius 1 is 0.667 bits per heavy atom. The average molecular weight is 407 g/mol. The first-order valence-electron chi connectivity index (χ1n) is 3.68. The molecule has 0 saturated carbocycles. The van der Waals surface area contributed by atoms with Crippen molar-refractivity contribution in [1.82, 2.24) is 0 Å². The minimum absolute atomic E-state index is 1.23. The van der Waals surface area contributed by atoms with E-state index in [4.69, 9.17) is 28.8 Å². The summed E-state index contributed by atoms with van der Waals surface area (Å²) >= 11 is -1.92. The Bertz CT molecular complexity index is 114. The molecular formula is C8H12Cl3Ir. The van der Waals surface area contributed by atoms with Crippen LogP contribution in [0.1, 0.15) is 25.7 Å². The van der Waals surface area contributed by atoms with Crippen molar-refractivity contribution in [3.05, 3.63) is 24.3 Å². The fourth-order valence-corrected chi connectivity index (χ4v) is 0.856. The van der Waals surface area contributed by atoms with Gasteiger partial charge in [-0.05, 0) is 25.7 Å². The summed E-state index contributed by atoms with van der Waals surface area (Å²) in [5.41, 5.74) is 0. The van der Waals surface area contributed by atoms with E-state index in [0.717, 1.165) is 0 Å². The molecule has 0 bridgehead atoms. The van der Waals surface area contributed by atoms with E-state index in [0.29, 0.717) is 0 Å². The van der Waals surface area contributed by atoms with Crippen molar-refractivity contribution in [3.8, 4) is 0 Å². The number of hydrogen-bond acceptors (Lipinski definition) is 0. The molecular weight excluding hydrogens is 395 g/mol. The molecule has 1 aliphatic carbocycles. The second-order valence-electron chi connectivity index (χ2n) is 2.24. The second kappa shape index (κ2) is 10.1. The fourth-order valence-electron chi connectivity index (χ4n) is 0.856. The maximum absolute atomic E-state index is 4.97. The third kappa shape index (κ3) is 13.6. The van der Waals surface area contributed by atoms with Crippen molar-refractivity contribution >= 4 is 28.8 Å². The van der Waals surface area contributed by atoms with Gasteiger partial charge in [-0.15, -0.1) is 0 Å². The number of allylic oxidation sites excluding steroid dienone is 4. The zero-order valence-corrected chi connectivity index (χ0v) is 11.3. The van der Waals surface area contributed by atoms with Crippen LogP contribution in [0.3, 0.4) is 0 Å². The first kappa shape index (κ1) is 13.0. The summed E-state index contributed by atoms with van der Waals surface area (Å²) in [6, 6.07) is 0. The van der Waals surface area contributed by atoms with E-state index in [9.17, 15) is 0 Å². The molecule has 1 aliphatic rings. The summed E-state index contributed by atoms with van der Waals surface area (Å²) in [6.07, 6.45) is 14.0. The summed E-state index contributed by atoms with van der Waals surface area (Å²) in [4.78, 5) is 0. The van der Waals surface area contributed by atoms with Crippen molar-refractivity contribution < 1.29 is 13.5 Å². The first-order chi connectivity index (χ1) is 5.73. The SMILES string of the molecule is C1=CCC/C=C\CC1.[Cl][Ir]([Cl])[Cl]. The maximum atomic E-state index is 4.97. The standard InChI is InChI=1S/C8H12.3ClH.Ir/c1-2-4-6-8-7-5-3-1;;;;/h1-2,7-8H,3-6H2;3*1H;/q;;;;+3/p-3/b2-1-,8-7?;;;;. The monoisotopic (exact) mass is 406 g/mol. The number of rotatable bonds is 0. The van der Waals surface area contributed by atoms with Crippen LogP contribution in [0.4, 0.5) is 0 Å². The van der Waals surface area contributed by atoms with Crippen LogP contribution in [0.5, 0.6) is 0 Å². The van der Waals surface area contributed by atoms with Gasteiger partial charge >= 0.3 is 42.2 Å². The van der Waals surface area contributed by atoms with Gasteiger partial charge in [-0.1, -0.05) is 24.3 Å². The van der Waals surface area contributed by atoms with Crippen molar-refractivity contribution in [3.63, 3.8) is 0 Å². The van der Waals surface area contributed by atoms with E-state index < -0.39 is 13.5 Å². The Kier molecular flexibility index (Phi) is 10.9. The fraction of sp³-hybridized carbons (Fsp3) is 0.500. The molecule has 0 amide bonds. The van der Waals surface area contributed by atoms with Crippen LogP contribution < -0.4 is 0 Å². The van der Waals surface area contributed by atoms with Crippen molar-refractivity contribution in [1.29, 1.82) is 0 Å². The van der Waals surface area contributed by atoms with E-state index in [-0.39, 0.29) is 0 Å². The van der Waals surface area contributed by atoms with Crippen molar-refractivity contribution in [2.45, 2.75) is 25.7 Å². The Hall–Kier alpha value is 0.999. The van der Waals surface area contributed by atoms with Gasteiger partial charge in [0.25, 0.3) is 0 Å². The quantitative estimate of drug-likeness (QED) is 0.510. The molecule has 4 heteroatoms. The molecule has 0 aromatic heterocycles. The third-order valence-electron chi connectivity index (χ3n) is 1.33. The van der Waals surface area contributed by atoms with Gasteiger partial charge in [0.05, 0.1) is 0 Å². The molecule has 12 heavy (non-hydrogen) atoms. The molecule has 0 saturated heterocycles. The van der Waals surface area contributed by atoms with Gasteiger partial charge in [-0.3, -0.25) is 0 Å². The number of hydrogen-bond donors (Lipinski definition) is 0. The molecule has 74 valence electrons. The zero-order valence-electron chi connectivity index (χ0n) is 6.61. The van der Waals surface area contributed by atoms with Crippen LogP contribution >= 0.6 is 28.8 Å². The topological polar surface area (TPSA) is 0 Å². The van der Waals surface area contributed by atoms with E-state index >= 15 is 0 Å². The van der Waals surface area contributed by atoms with Gasteiger partial charge in [0, 0.05) is 0 Å². The summed E-state index contributed by atoms with van der Waals surface area (Å²) in [6.45, 7) is 0. The van der Waals surface area contributed by atoms with Gasteiger partial charge in [-0.25, -0.2) is 0 Å². The van der Waals surface area contributed by atoms with Gasteiger partial charge < -0.3 is 0 Å². The predicted octanol–water partition coefficient (Wildman–Crippen LogP) is 4.74. The van der Waals surface area contributed by atoms with Crippen molar-refractivity contribution in [2.24, 2.45) is 0 Å².